The maximum absolute atomic E-state index is 13.5. The summed E-state index contributed by atoms with van der Waals surface area (Å²) in [6, 6.07) is 4.60. The monoisotopic (exact) mass is 316 g/mol. The molecule has 0 aliphatic carbocycles. The average Bonchev–Trinajstić information content (AvgIpc) is 2.92. The average molecular weight is 316 g/mol. The molecular weight excluding hydrogens is 305 g/mol. The minimum absolute atomic E-state index is 0.0313. The zero-order valence-corrected chi connectivity index (χ0v) is 11.8. The Kier molecular flexibility index (Phi) is 3.12. The molecule has 2 aliphatic heterocycles. The molecule has 3 heterocycles. The number of rotatable bonds is 2. The lowest BCUT2D eigenvalue weighted by Gasteiger charge is -2.29. The second-order valence-corrected chi connectivity index (χ2v) is 5.76. The minimum atomic E-state index is -4.85. The van der Waals surface area contributed by atoms with Gasteiger partial charge in [-0.1, -0.05) is 17.8 Å². The van der Waals surface area contributed by atoms with Gasteiger partial charge >= 0.3 is 11.8 Å². The SMILES string of the molecule is Cc1cccc(N[C@]2(C(F)(F)F)N=C3SCCN3C2=O)n1. The minimum Gasteiger partial charge on any atom is -0.331 e. The van der Waals surface area contributed by atoms with Gasteiger partial charge in [0, 0.05) is 18.0 Å². The predicted octanol–water partition coefficient (Wildman–Crippen LogP) is 2.01. The highest BCUT2D eigenvalue weighted by molar-refractivity contribution is 8.14. The number of carbonyl (C=O) groups excluding carboxylic acids is 1. The molecule has 1 saturated heterocycles. The van der Waals surface area contributed by atoms with Gasteiger partial charge in [0.05, 0.1) is 0 Å². The third-order valence-electron chi connectivity index (χ3n) is 3.20. The summed E-state index contributed by atoms with van der Waals surface area (Å²) in [5, 5.41) is 2.29. The van der Waals surface area contributed by atoms with Crippen LogP contribution in [0.15, 0.2) is 23.2 Å². The van der Waals surface area contributed by atoms with Gasteiger partial charge in [-0.15, -0.1) is 0 Å². The van der Waals surface area contributed by atoms with Crippen LogP contribution in [0.4, 0.5) is 19.0 Å². The Morgan fingerprint density at radius 1 is 1.43 bits per heavy atom. The fourth-order valence-corrected chi connectivity index (χ4v) is 3.19. The first kappa shape index (κ1) is 14.2. The summed E-state index contributed by atoms with van der Waals surface area (Å²) >= 11 is 1.14. The fourth-order valence-electron chi connectivity index (χ4n) is 2.20. The first-order valence-electron chi connectivity index (χ1n) is 6.17. The van der Waals surface area contributed by atoms with E-state index in [2.05, 4.69) is 15.3 Å². The van der Waals surface area contributed by atoms with Crippen LogP contribution in [0.5, 0.6) is 0 Å². The topological polar surface area (TPSA) is 57.6 Å². The van der Waals surface area contributed by atoms with Crippen LogP contribution in [0.25, 0.3) is 0 Å². The lowest BCUT2D eigenvalue weighted by Crippen LogP contribution is -2.57. The van der Waals surface area contributed by atoms with Crippen molar-refractivity contribution in [3.05, 3.63) is 23.9 Å². The Morgan fingerprint density at radius 2 is 2.19 bits per heavy atom. The number of amidine groups is 1. The van der Waals surface area contributed by atoms with E-state index in [1.54, 1.807) is 19.1 Å². The summed E-state index contributed by atoms with van der Waals surface area (Å²) in [7, 11) is 0. The van der Waals surface area contributed by atoms with Crippen molar-refractivity contribution in [1.82, 2.24) is 9.88 Å². The van der Waals surface area contributed by atoms with Crippen LogP contribution in [0.1, 0.15) is 5.69 Å². The van der Waals surface area contributed by atoms with Gasteiger partial charge in [-0.2, -0.15) is 13.2 Å². The Balaban J connectivity index is 2.04. The summed E-state index contributed by atoms with van der Waals surface area (Å²) < 4.78 is 40.5. The first-order valence-corrected chi connectivity index (χ1v) is 7.15. The lowest BCUT2D eigenvalue weighted by molar-refractivity contribution is -0.185. The highest BCUT2D eigenvalue weighted by Crippen LogP contribution is 2.42. The van der Waals surface area contributed by atoms with Crippen LogP contribution >= 0.6 is 11.8 Å². The smallest absolute Gasteiger partial charge is 0.331 e. The number of hydrogen-bond acceptors (Lipinski definition) is 5. The molecule has 0 radical (unpaired) electrons. The number of nitrogens with zero attached hydrogens (tertiary/aromatic N) is 3. The molecule has 0 bridgehead atoms. The number of pyridine rings is 1. The van der Waals surface area contributed by atoms with Gasteiger partial charge in [-0.25, -0.2) is 9.98 Å². The van der Waals surface area contributed by atoms with Crippen LogP contribution in [-0.4, -0.2) is 45.1 Å². The quantitative estimate of drug-likeness (QED) is 0.907. The first-order chi connectivity index (χ1) is 9.83. The highest BCUT2D eigenvalue weighted by Gasteiger charge is 2.67. The number of alkyl halides is 3. The Labute approximate surface area is 122 Å². The number of aliphatic imine (C=N–C) groups is 1. The standard InChI is InChI=1S/C12H11F3N4OS/c1-7-3-2-4-8(16-7)17-11(12(13,14)15)9(20)19-5-6-21-10(19)18-11/h2-4H,5-6H2,1H3,(H,16,17)/t11-/m0/s1. The summed E-state index contributed by atoms with van der Waals surface area (Å²) in [6.07, 6.45) is -4.85. The van der Waals surface area contributed by atoms with Gasteiger partial charge in [0.25, 0.3) is 5.91 Å². The predicted molar refractivity (Wildman–Crippen MR) is 73.0 cm³/mol. The van der Waals surface area contributed by atoms with Crippen LogP contribution in [0.3, 0.4) is 0 Å². The molecule has 112 valence electrons. The molecule has 1 aromatic rings. The maximum Gasteiger partial charge on any atom is 0.442 e. The van der Waals surface area contributed by atoms with Crippen molar-refractivity contribution < 1.29 is 18.0 Å². The molecular formula is C12H11F3N4OS. The van der Waals surface area contributed by atoms with Gasteiger partial charge < -0.3 is 5.32 Å². The number of amides is 1. The van der Waals surface area contributed by atoms with Gasteiger partial charge in [0.2, 0.25) is 0 Å². The van der Waals surface area contributed by atoms with Crippen molar-refractivity contribution in [3.63, 3.8) is 0 Å². The largest absolute Gasteiger partial charge is 0.442 e. The Hall–Kier alpha value is -1.77. The summed E-state index contributed by atoms with van der Waals surface area (Å²) in [5.74, 6) is -0.573. The molecule has 1 aromatic heterocycles. The van der Waals surface area contributed by atoms with Crippen molar-refractivity contribution in [2.24, 2.45) is 4.99 Å². The Bertz CT molecular complexity index is 633. The van der Waals surface area contributed by atoms with Crippen LogP contribution in [0.2, 0.25) is 0 Å². The number of aromatic nitrogens is 1. The van der Waals surface area contributed by atoms with E-state index in [4.69, 9.17) is 0 Å². The highest BCUT2D eigenvalue weighted by atomic mass is 32.2. The van der Waals surface area contributed by atoms with E-state index in [1.807, 2.05) is 0 Å². The molecule has 1 fully saturated rings. The number of halogens is 3. The van der Waals surface area contributed by atoms with E-state index < -0.39 is 17.7 Å². The summed E-state index contributed by atoms with van der Waals surface area (Å²) in [5.41, 5.74) is -2.43. The number of hydrogen-bond donors (Lipinski definition) is 1. The van der Waals surface area contributed by atoms with E-state index >= 15 is 0 Å². The van der Waals surface area contributed by atoms with Gasteiger partial charge in [0.15, 0.2) is 5.17 Å². The fraction of sp³-hybridized carbons (Fsp3) is 0.417. The third-order valence-corrected chi connectivity index (χ3v) is 4.16. The molecule has 2 aliphatic rings. The zero-order chi connectivity index (χ0) is 15.3. The maximum atomic E-state index is 13.5. The molecule has 0 spiro atoms. The van der Waals surface area contributed by atoms with Crippen molar-refractivity contribution in [2.75, 3.05) is 17.6 Å². The summed E-state index contributed by atoms with van der Waals surface area (Å²) in [4.78, 5) is 20.9. The van der Waals surface area contributed by atoms with Crippen molar-refractivity contribution in [1.29, 1.82) is 0 Å². The number of aryl methyl sites for hydroxylation is 1. The number of carbonyl (C=O) groups is 1. The molecule has 0 aromatic carbocycles. The lowest BCUT2D eigenvalue weighted by atomic mass is 10.1. The second kappa shape index (κ2) is 4.62. The van der Waals surface area contributed by atoms with E-state index in [-0.39, 0.29) is 17.5 Å². The van der Waals surface area contributed by atoms with Crippen molar-refractivity contribution >= 4 is 28.7 Å². The molecule has 0 unspecified atom stereocenters. The van der Waals surface area contributed by atoms with Crippen molar-refractivity contribution in [2.45, 2.75) is 18.8 Å². The number of nitrogens with one attached hydrogen (secondary N) is 1. The molecule has 9 heteroatoms. The molecule has 1 atom stereocenters. The zero-order valence-electron chi connectivity index (χ0n) is 10.9. The van der Waals surface area contributed by atoms with E-state index in [1.165, 1.54) is 6.07 Å². The van der Waals surface area contributed by atoms with E-state index in [9.17, 15) is 18.0 Å². The van der Waals surface area contributed by atoms with Crippen LogP contribution < -0.4 is 5.32 Å². The van der Waals surface area contributed by atoms with Gasteiger partial charge in [0.1, 0.15) is 5.82 Å². The summed E-state index contributed by atoms with van der Waals surface area (Å²) in [6.45, 7) is 1.89. The van der Waals surface area contributed by atoms with E-state index in [0.717, 1.165) is 16.7 Å². The molecule has 3 rings (SSSR count). The van der Waals surface area contributed by atoms with Gasteiger partial charge in [-0.05, 0) is 19.1 Å². The second-order valence-electron chi connectivity index (χ2n) is 4.70. The number of anilines is 1. The van der Waals surface area contributed by atoms with Crippen LogP contribution in [-0.2, 0) is 4.79 Å². The third kappa shape index (κ3) is 2.15. The van der Waals surface area contributed by atoms with Crippen molar-refractivity contribution in [3.8, 4) is 0 Å². The molecule has 0 saturated carbocycles. The molecule has 1 amide bonds. The number of fused-ring (bicyclic) bond motifs is 1. The van der Waals surface area contributed by atoms with E-state index in [0.29, 0.717) is 11.4 Å². The molecule has 21 heavy (non-hydrogen) atoms. The van der Waals surface area contributed by atoms with Crippen LogP contribution in [0, 0.1) is 6.92 Å². The number of thioether (sulfide) groups is 1. The van der Waals surface area contributed by atoms with Gasteiger partial charge in [-0.3, -0.25) is 9.69 Å². The normalized spacial score (nSPS) is 25.0. The molecule has 1 N–H and O–H groups in total. The molecule has 5 nitrogen and oxygen atoms in total. The Morgan fingerprint density at radius 3 is 2.81 bits per heavy atom.